The number of aliphatic hydroxyl groups excluding tert-OH is 1. The Morgan fingerprint density at radius 1 is 1.22 bits per heavy atom. The van der Waals surface area contributed by atoms with E-state index in [4.69, 9.17) is 9.47 Å². The molecule has 5 heteroatoms. The van der Waals surface area contributed by atoms with Crippen LogP contribution in [0.2, 0.25) is 0 Å². The molecule has 0 amide bonds. The van der Waals surface area contributed by atoms with Crippen molar-refractivity contribution in [2.75, 3.05) is 6.79 Å². The molecule has 5 nitrogen and oxygen atoms in total. The van der Waals surface area contributed by atoms with Gasteiger partial charge in [-0.05, 0) is 59.8 Å². The molecule has 1 heterocycles. The van der Waals surface area contributed by atoms with Gasteiger partial charge in [0.1, 0.15) is 0 Å². The highest BCUT2D eigenvalue weighted by atomic mass is 16.7. The van der Waals surface area contributed by atoms with Gasteiger partial charge in [-0.15, -0.1) is 0 Å². The largest absolute Gasteiger partial charge is 0.481 e. The molecule has 7 atom stereocenters. The summed E-state index contributed by atoms with van der Waals surface area (Å²) in [5.74, 6) is 2.56. The Bertz CT molecular complexity index is 902. The Hall–Kier alpha value is -2.27. The molecule has 0 saturated heterocycles. The lowest BCUT2D eigenvalue weighted by Gasteiger charge is -2.51. The highest BCUT2D eigenvalue weighted by Gasteiger charge is 2.65. The van der Waals surface area contributed by atoms with Crippen molar-refractivity contribution in [3.05, 3.63) is 42.0 Å². The predicted octanol–water partition coefficient (Wildman–Crippen LogP) is 3.09. The van der Waals surface area contributed by atoms with Crippen molar-refractivity contribution in [3.8, 4) is 11.5 Å². The van der Waals surface area contributed by atoms with Crippen molar-refractivity contribution < 1.29 is 24.5 Å². The second kappa shape index (κ2) is 5.16. The topological polar surface area (TPSA) is 76.0 Å². The zero-order valence-corrected chi connectivity index (χ0v) is 14.9. The Balaban J connectivity index is 1.43. The number of carboxylic acid groups (broad SMARTS) is 1. The van der Waals surface area contributed by atoms with Crippen LogP contribution in [-0.2, 0) is 4.79 Å². The van der Waals surface area contributed by atoms with Crippen LogP contribution in [-0.4, -0.2) is 29.1 Å². The third kappa shape index (κ3) is 2.01. The molecule has 7 unspecified atom stereocenters. The molecule has 4 bridgehead atoms. The number of aliphatic hydroxyl groups is 1. The van der Waals surface area contributed by atoms with E-state index in [-0.39, 0.29) is 30.5 Å². The lowest BCUT2D eigenvalue weighted by atomic mass is 9.52. The van der Waals surface area contributed by atoms with Crippen LogP contribution in [0.5, 0.6) is 11.5 Å². The first-order valence-electron chi connectivity index (χ1n) is 9.77. The van der Waals surface area contributed by atoms with Crippen LogP contribution in [0.15, 0.2) is 36.4 Å². The van der Waals surface area contributed by atoms with Crippen LogP contribution in [0.3, 0.4) is 0 Å². The molecule has 2 saturated carbocycles. The van der Waals surface area contributed by atoms with Crippen molar-refractivity contribution in [1.29, 1.82) is 0 Å². The van der Waals surface area contributed by atoms with Crippen LogP contribution < -0.4 is 9.47 Å². The predicted molar refractivity (Wildman–Crippen MR) is 97.1 cm³/mol. The van der Waals surface area contributed by atoms with E-state index in [9.17, 15) is 15.0 Å². The minimum atomic E-state index is -0.722. The summed E-state index contributed by atoms with van der Waals surface area (Å²) in [6, 6.07) is 5.97. The van der Waals surface area contributed by atoms with Gasteiger partial charge in [0.2, 0.25) is 6.79 Å². The second-order valence-electron chi connectivity index (χ2n) is 8.82. The van der Waals surface area contributed by atoms with Gasteiger partial charge in [-0.2, -0.15) is 0 Å². The van der Waals surface area contributed by atoms with Gasteiger partial charge in [-0.1, -0.05) is 24.3 Å². The van der Waals surface area contributed by atoms with Gasteiger partial charge in [0.05, 0.1) is 12.5 Å². The normalized spacial score (nSPS) is 42.3. The number of hydrogen-bond acceptors (Lipinski definition) is 4. The van der Waals surface area contributed by atoms with Crippen molar-refractivity contribution in [3.63, 3.8) is 0 Å². The molecular formula is C22H22O5. The summed E-state index contributed by atoms with van der Waals surface area (Å²) in [6.07, 6.45) is 8.07. The quantitative estimate of drug-likeness (QED) is 0.804. The van der Waals surface area contributed by atoms with E-state index in [0.29, 0.717) is 17.8 Å². The number of rotatable bonds is 3. The molecule has 5 aliphatic rings. The Morgan fingerprint density at radius 2 is 2.07 bits per heavy atom. The van der Waals surface area contributed by atoms with Gasteiger partial charge in [-0.25, -0.2) is 0 Å². The minimum absolute atomic E-state index is 0.204. The lowest BCUT2D eigenvalue weighted by Crippen LogP contribution is -2.46. The molecular weight excluding hydrogens is 344 g/mol. The molecule has 1 aliphatic heterocycles. The number of ether oxygens (including phenoxy) is 2. The smallest absolute Gasteiger partial charge is 0.304 e. The molecule has 2 N–H and O–H groups in total. The number of carbonyl (C=O) groups is 1. The average molecular weight is 366 g/mol. The lowest BCUT2D eigenvalue weighted by molar-refractivity contribution is -0.143. The van der Waals surface area contributed by atoms with E-state index in [1.807, 2.05) is 24.3 Å². The zero-order chi connectivity index (χ0) is 18.3. The number of hydrogen-bond donors (Lipinski definition) is 2. The molecule has 6 rings (SSSR count). The first kappa shape index (κ1) is 15.8. The maximum absolute atomic E-state index is 11.5. The zero-order valence-electron chi connectivity index (χ0n) is 14.9. The number of benzene rings is 1. The van der Waals surface area contributed by atoms with E-state index in [1.165, 1.54) is 0 Å². The highest BCUT2D eigenvalue weighted by Crippen LogP contribution is 2.71. The Kier molecular flexibility index (Phi) is 3.01. The summed E-state index contributed by atoms with van der Waals surface area (Å²) >= 11 is 0. The third-order valence-electron chi connectivity index (χ3n) is 7.77. The summed E-state index contributed by atoms with van der Waals surface area (Å²) in [5.41, 5.74) is 1.98. The van der Waals surface area contributed by atoms with E-state index in [0.717, 1.165) is 35.5 Å². The highest BCUT2D eigenvalue weighted by molar-refractivity contribution is 5.74. The van der Waals surface area contributed by atoms with Crippen LogP contribution in [0.1, 0.15) is 24.8 Å². The molecule has 1 aromatic carbocycles. The van der Waals surface area contributed by atoms with Gasteiger partial charge in [0.25, 0.3) is 0 Å². The monoisotopic (exact) mass is 366 g/mol. The van der Waals surface area contributed by atoms with E-state index in [1.54, 1.807) is 0 Å². The first-order valence-corrected chi connectivity index (χ1v) is 9.77. The van der Waals surface area contributed by atoms with Gasteiger partial charge in [0, 0.05) is 11.3 Å². The Labute approximate surface area is 157 Å². The van der Waals surface area contributed by atoms with E-state index < -0.39 is 12.1 Å². The molecule has 0 spiro atoms. The Morgan fingerprint density at radius 3 is 2.93 bits per heavy atom. The molecule has 0 aromatic heterocycles. The van der Waals surface area contributed by atoms with Crippen molar-refractivity contribution in [2.45, 2.75) is 25.4 Å². The van der Waals surface area contributed by atoms with Crippen LogP contribution in [0, 0.1) is 35.0 Å². The second-order valence-corrected chi connectivity index (χ2v) is 8.82. The standard InChI is InChI=1S/C22H22O5/c23-17-7-13(11-1-2-18-19(5-11)27-10-26-18)12-3-4-22(9-20(24)25)8-15-16(22)6-14(17)21(12)15/h1-5,7,12,14-17,21,23H,6,8-10H2,(H,24,25). The molecule has 4 aliphatic carbocycles. The maximum Gasteiger partial charge on any atom is 0.304 e. The van der Waals surface area contributed by atoms with Crippen LogP contribution in [0.25, 0.3) is 5.57 Å². The summed E-state index contributed by atoms with van der Waals surface area (Å²) in [7, 11) is 0. The molecule has 140 valence electrons. The van der Waals surface area contributed by atoms with Crippen molar-refractivity contribution in [2.24, 2.45) is 35.0 Å². The summed E-state index contributed by atoms with van der Waals surface area (Å²) in [4.78, 5) is 11.5. The average Bonchev–Trinajstić information content (AvgIpc) is 3.14. The van der Waals surface area contributed by atoms with Gasteiger partial charge >= 0.3 is 5.97 Å². The summed E-state index contributed by atoms with van der Waals surface area (Å²) in [6.45, 7) is 0.246. The minimum Gasteiger partial charge on any atom is -0.481 e. The molecule has 0 radical (unpaired) electrons. The number of allylic oxidation sites excluding steroid dienone is 3. The van der Waals surface area contributed by atoms with Crippen molar-refractivity contribution >= 4 is 11.5 Å². The first-order chi connectivity index (χ1) is 13.1. The summed E-state index contributed by atoms with van der Waals surface area (Å²) in [5, 5.41) is 20.3. The third-order valence-corrected chi connectivity index (χ3v) is 7.77. The van der Waals surface area contributed by atoms with Crippen molar-refractivity contribution in [1.82, 2.24) is 0 Å². The number of fused-ring (bicyclic) bond motifs is 1. The number of carboxylic acids is 1. The van der Waals surface area contributed by atoms with E-state index >= 15 is 0 Å². The fourth-order valence-corrected chi connectivity index (χ4v) is 6.73. The SMILES string of the molecule is O=C(O)CC12C=CC3C(c4ccc5c(c4)OCO5)=CC(O)C4CC1C(C2)C34. The fraction of sp³-hybridized carbons (Fsp3) is 0.500. The maximum atomic E-state index is 11.5. The fourth-order valence-electron chi connectivity index (χ4n) is 6.73. The molecule has 2 fully saturated rings. The number of aliphatic carboxylic acids is 1. The van der Waals surface area contributed by atoms with Gasteiger partial charge < -0.3 is 19.7 Å². The van der Waals surface area contributed by atoms with Gasteiger partial charge in [0.15, 0.2) is 11.5 Å². The molecule has 27 heavy (non-hydrogen) atoms. The van der Waals surface area contributed by atoms with Crippen LogP contribution in [0.4, 0.5) is 0 Å². The molecule has 1 aromatic rings. The van der Waals surface area contributed by atoms with Crippen LogP contribution >= 0.6 is 0 Å². The van der Waals surface area contributed by atoms with Gasteiger partial charge in [-0.3, -0.25) is 4.79 Å². The summed E-state index contributed by atoms with van der Waals surface area (Å²) < 4.78 is 11.0. The van der Waals surface area contributed by atoms with E-state index in [2.05, 4.69) is 12.2 Å².